The molecule has 0 bridgehead atoms. The van der Waals surface area contributed by atoms with Crippen LogP contribution in [0.2, 0.25) is 0 Å². The van der Waals surface area contributed by atoms with Crippen LogP contribution in [-0.4, -0.2) is 30.1 Å². The van der Waals surface area contributed by atoms with Crippen LogP contribution in [0.3, 0.4) is 0 Å². The van der Waals surface area contributed by atoms with E-state index < -0.39 is 17.9 Å². The predicted octanol–water partition coefficient (Wildman–Crippen LogP) is 2.11. The summed E-state index contributed by atoms with van der Waals surface area (Å²) in [7, 11) is 1.50. The minimum absolute atomic E-state index is 0.338. The van der Waals surface area contributed by atoms with Gasteiger partial charge < -0.3 is 15.2 Å². The summed E-state index contributed by atoms with van der Waals surface area (Å²) in [6, 6.07) is 0.702. The monoisotopic (exact) mass is 321 g/mol. The van der Waals surface area contributed by atoms with Gasteiger partial charge in [-0.1, -0.05) is 6.92 Å². The lowest BCUT2D eigenvalue weighted by molar-refractivity contribution is -0.139. The van der Waals surface area contributed by atoms with E-state index in [1.165, 1.54) is 18.4 Å². The maximum absolute atomic E-state index is 11.8. The number of carbonyl (C=O) groups excluding carboxylic acids is 1. The minimum atomic E-state index is -1.04. The van der Waals surface area contributed by atoms with E-state index >= 15 is 0 Å². The third kappa shape index (κ3) is 3.44. The summed E-state index contributed by atoms with van der Waals surface area (Å²) in [6.45, 7) is 1.70. The summed E-state index contributed by atoms with van der Waals surface area (Å²) in [4.78, 5) is 23.0. The van der Waals surface area contributed by atoms with E-state index in [4.69, 9.17) is 9.84 Å². The third-order valence-electron chi connectivity index (χ3n) is 2.11. The van der Waals surface area contributed by atoms with Crippen LogP contribution in [0.1, 0.15) is 23.0 Å². The Hall–Kier alpha value is -1.08. The van der Waals surface area contributed by atoms with Crippen molar-refractivity contribution in [2.24, 2.45) is 0 Å². The Morgan fingerprint density at radius 3 is 2.71 bits per heavy atom. The van der Waals surface area contributed by atoms with E-state index in [9.17, 15) is 9.59 Å². The van der Waals surface area contributed by atoms with Crippen molar-refractivity contribution in [3.05, 3.63) is 14.7 Å². The zero-order chi connectivity index (χ0) is 13.0. The zero-order valence-corrected chi connectivity index (χ0v) is 11.7. The quantitative estimate of drug-likeness (QED) is 0.871. The van der Waals surface area contributed by atoms with Crippen LogP contribution in [-0.2, 0) is 4.79 Å². The van der Waals surface area contributed by atoms with Crippen LogP contribution in [0.25, 0.3) is 0 Å². The summed E-state index contributed by atoms with van der Waals surface area (Å²) in [5.74, 6) is -0.889. The largest absolute Gasteiger partial charge is 0.495 e. The molecule has 7 heteroatoms. The van der Waals surface area contributed by atoms with Crippen LogP contribution in [0.5, 0.6) is 5.75 Å². The van der Waals surface area contributed by atoms with Crippen molar-refractivity contribution in [3.63, 3.8) is 0 Å². The molecule has 0 spiro atoms. The summed E-state index contributed by atoms with van der Waals surface area (Å²) < 4.78 is 5.72. The van der Waals surface area contributed by atoms with E-state index in [-0.39, 0.29) is 0 Å². The van der Waals surface area contributed by atoms with Gasteiger partial charge in [-0.05, 0) is 22.4 Å². The fraction of sp³-hybridized carbons (Fsp3) is 0.400. The number of halogens is 1. The van der Waals surface area contributed by atoms with Crippen LogP contribution in [0.15, 0.2) is 9.85 Å². The highest BCUT2D eigenvalue weighted by Crippen LogP contribution is 2.34. The summed E-state index contributed by atoms with van der Waals surface area (Å²) in [6.07, 6.45) is 0.338. The normalized spacial score (nSPS) is 11.9. The molecule has 1 aromatic rings. The van der Waals surface area contributed by atoms with Crippen LogP contribution < -0.4 is 10.1 Å². The molecular weight excluding hydrogens is 310 g/mol. The maximum atomic E-state index is 11.8. The number of amides is 1. The highest BCUT2D eigenvalue weighted by Gasteiger charge is 2.20. The smallest absolute Gasteiger partial charge is 0.326 e. The highest BCUT2D eigenvalue weighted by molar-refractivity contribution is 9.11. The molecule has 17 heavy (non-hydrogen) atoms. The van der Waals surface area contributed by atoms with Gasteiger partial charge in [0.05, 0.1) is 12.0 Å². The number of methoxy groups -OCH3 is 1. The van der Waals surface area contributed by atoms with E-state index in [0.717, 1.165) is 0 Å². The van der Waals surface area contributed by atoms with E-state index in [1.807, 2.05) is 0 Å². The van der Waals surface area contributed by atoms with Crippen molar-refractivity contribution in [3.8, 4) is 5.75 Å². The standard InChI is InChI=1S/C10H12BrNO4S/c1-3-5(10(14)15)12-9(13)7-4-6(16-2)8(11)17-7/h4-5H,3H2,1-2H3,(H,12,13)(H,14,15). The second-order valence-corrected chi connectivity index (χ2v) is 5.60. The topological polar surface area (TPSA) is 75.6 Å². The Labute approximate surface area is 111 Å². The van der Waals surface area contributed by atoms with Gasteiger partial charge in [0.1, 0.15) is 15.6 Å². The highest BCUT2D eigenvalue weighted by atomic mass is 79.9. The molecule has 94 valence electrons. The van der Waals surface area contributed by atoms with Crippen LogP contribution in [0.4, 0.5) is 0 Å². The van der Waals surface area contributed by atoms with Crippen molar-refractivity contribution < 1.29 is 19.4 Å². The molecule has 1 amide bonds. The van der Waals surface area contributed by atoms with E-state index in [2.05, 4.69) is 21.2 Å². The number of carbonyl (C=O) groups is 2. The Bertz CT molecular complexity index is 432. The molecule has 0 radical (unpaired) electrons. The second-order valence-electron chi connectivity index (χ2n) is 3.23. The van der Waals surface area contributed by atoms with Gasteiger partial charge in [0, 0.05) is 6.07 Å². The number of ether oxygens (including phenoxy) is 1. The predicted molar refractivity (Wildman–Crippen MR) is 67.8 cm³/mol. The molecule has 0 fully saturated rings. The van der Waals surface area contributed by atoms with Crippen molar-refractivity contribution in [1.82, 2.24) is 5.32 Å². The lowest BCUT2D eigenvalue weighted by Gasteiger charge is -2.10. The second kappa shape index (κ2) is 6.02. The molecule has 1 atom stereocenters. The minimum Gasteiger partial charge on any atom is -0.495 e. The maximum Gasteiger partial charge on any atom is 0.326 e. The number of carboxylic acids is 1. The lowest BCUT2D eigenvalue weighted by atomic mass is 10.2. The van der Waals surface area contributed by atoms with Crippen molar-refractivity contribution in [2.75, 3.05) is 7.11 Å². The molecule has 1 unspecified atom stereocenters. The van der Waals surface area contributed by atoms with Crippen molar-refractivity contribution in [2.45, 2.75) is 19.4 Å². The Balaban J connectivity index is 2.78. The molecule has 1 heterocycles. The average molecular weight is 322 g/mol. The summed E-state index contributed by atoms with van der Waals surface area (Å²) in [5, 5.41) is 11.3. The molecule has 5 nitrogen and oxygen atoms in total. The van der Waals surface area contributed by atoms with Gasteiger partial charge in [-0.3, -0.25) is 4.79 Å². The van der Waals surface area contributed by atoms with Gasteiger partial charge in [0.25, 0.3) is 5.91 Å². The Morgan fingerprint density at radius 2 is 2.29 bits per heavy atom. The van der Waals surface area contributed by atoms with Crippen molar-refractivity contribution in [1.29, 1.82) is 0 Å². The molecule has 1 rings (SSSR count). The number of rotatable bonds is 5. The summed E-state index contributed by atoms with van der Waals surface area (Å²) >= 11 is 4.45. The molecule has 0 aliphatic heterocycles. The Kier molecular flexibility index (Phi) is 4.95. The van der Waals surface area contributed by atoms with Gasteiger partial charge in [-0.2, -0.15) is 0 Å². The molecule has 0 aromatic carbocycles. The van der Waals surface area contributed by atoms with Gasteiger partial charge in [-0.25, -0.2) is 4.79 Å². The molecule has 0 aliphatic rings. The zero-order valence-electron chi connectivity index (χ0n) is 9.32. The number of thiophene rings is 1. The number of carboxylic acid groups (broad SMARTS) is 1. The number of hydrogen-bond acceptors (Lipinski definition) is 4. The first-order valence-electron chi connectivity index (χ1n) is 4.86. The Morgan fingerprint density at radius 1 is 1.65 bits per heavy atom. The summed E-state index contributed by atoms with van der Waals surface area (Å²) in [5.41, 5.74) is 0. The first-order valence-corrected chi connectivity index (χ1v) is 6.47. The molecule has 0 saturated heterocycles. The fourth-order valence-electron chi connectivity index (χ4n) is 1.17. The van der Waals surface area contributed by atoms with E-state index in [0.29, 0.717) is 20.8 Å². The molecule has 1 aromatic heterocycles. The third-order valence-corrected chi connectivity index (χ3v) is 3.89. The van der Waals surface area contributed by atoms with Crippen LogP contribution in [0, 0.1) is 0 Å². The number of nitrogens with one attached hydrogen (secondary N) is 1. The first-order chi connectivity index (χ1) is 7.99. The van der Waals surface area contributed by atoms with E-state index in [1.54, 1.807) is 13.0 Å². The number of aliphatic carboxylic acids is 1. The molecular formula is C10H12BrNO4S. The lowest BCUT2D eigenvalue weighted by Crippen LogP contribution is -2.39. The molecule has 0 aliphatic carbocycles. The van der Waals surface area contributed by atoms with Gasteiger partial charge in [0.15, 0.2) is 0 Å². The van der Waals surface area contributed by atoms with Crippen LogP contribution >= 0.6 is 27.3 Å². The average Bonchev–Trinajstić information content (AvgIpc) is 2.66. The number of hydrogen-bond donors (Lipinski definition) is 2. The molecule has 2 N–H and O–H groups in total. The fourth-order valence-corrected chi connectivity index (χ4v) is 2.72. The van der Waals surface area contributed by atoms with Gasteiger partial charge in [-0.15, -0.1) is 11.3 Å². The first kappa shape index (κ1) is 14.0. The van der Waals surface area contributed by atoms with Gasteiger partial charge >= 0.3 is 5.97 Å². The molecule has 0 saturated carbocycles. The van der Waals surface area contributed by atoms with Crippen molar-refractivity contribution >= 4 is 39.1 Å². The SMILES string of the molecule is CCC(NC(=O)c1cc(OC)c(Br)s1)C(=O)O. The van der Waals surface area contributed by atoms with Gasteiger partial charge in [0.2, 0.25) is 0 Å².